The van der Waals surface area contributed by atoms with Crippen molar-refractivity contribution in [2.75, 3.05) is 0 Å². The zero-order valence-corrected chi connectivity index (χ0v) is 36.4. The molecule has 0 amide bonds. The van der Waals surface area contributed by atoms with Gasteiger partial charge in [-0.2, -0.15) is 0 Å². The van der Waals surface area contributed by atoms with E-state index >= 15 is 0 Å². The van der Waals surface area contributed by atoms with Gasteiger partial charge in [0.15, 0.2) is 0 Å². The van der Waals surface area contributed by atoms with Crippen molar-refractivity contribution < 1.29 is 17.7 Å². The fourth-order valence-corrected chi connectivity index (χ4v) is 11.0. The van der Waals surface area contributed by atoms with Crippen LogP contribution in [0.4, 0.5) is 0 Å². The maximum atomic E-state index is 7.16. The Hall–Kier alpha value is -3.57. The monoisotopic (exact) mass is 732 g/mol. The van der Waals surface area contributed by atoms with Gasteiger partial charge in [-0.3, -0.25) is 0 Å². The van der Waals surface area contributed by atoms with E-state index in [4.69, 9.17) is 17.7 Å². The van der Waals surface area contributed by atoms with Crippen LogP contribution in [0.3, 0.4) is 0 Å². The van der Waals surface area contributed by atoms with E-state index in [9.17, 15) is 0 Å². The fraction of sp³-hybridized carbons (Fsp3) is 0.333. The lowest BCUT2D eigenvalue weighted by molar-refractivity contribution is 0.529. The van der Waals surface area contributed by atoms with Crippen LogP contribution < -0.4 is 17.7 Å². The lowest BCUT2D eigenvalue weighted by atomic mass is 9.83. The SMILES string of the molecule is Cc1c(O[Si](C)(C)C)cc2c(cc3c4ccccc4cc4c5c(O[Si](C)(C)C)c(C)c(O[Si](C)(C)C)c6cccc(c65)c2c34)c1O[Si](C)(C)C. The topological polar surface area (TPSA) is 36.9 Å². The Morgan fingerprint density at radius 2 is 0.840 bits per heavy atom. The fourth-order valence-electron chi connectivity index (χ4n) is 7.48. The molecular weight excluding hydrogens is 681 g/mol. The van der Waals surface area contributed by atoms with Gasteiger partial charge in [0.1, 0.15) is 23.0 Å². The van der Waals surface area contributed by atoms with Crippen LogP contribution in [-0.2, 0) is 0 Å². The van der Waals surface area contributed by atoms with E-state index in [0.717, 1.165) is 44.9 Å². The third kappa shape index (κ3) is 6.08. The molecule has 0 radical (unpaired) electrons. The highest BCUT2D eigenvalue weighted by Gasteiger charge is 2.31. The van der Waals surface area contributed by atoms with Gasteiger partial charge in [0.25, 0.3) is 0 Å². The van der Waals surface area contributed by atoms with Gasteiger partial charge in [0.05, 0.1) is 0 Å². The molecule has 0 fully saturated rings. The van der Waals surface area contributed by atoms with E-state index in [2.05, 4.69) is 153 Å². The van der Waals surface area contributed by atoms with Crippen LogP contribution in [0.15, 0.2) is 60.7 Å². The quantitative estimate of drug-likeness (QED) is 0.0885. The molecule has 0 unspecified atom stereocenters. The molecule has 0 atom stereocenters. The van der Waals surface area contributed by atoms with Crippen molar-refractivity contribution in [3.63, 3.8) is 0 Å². The summed E-state index contributed by atoms with van der Waals surface area (Å²) in [5.74, 6) is 3.80. The lowest BCUT2D eigenvalue weighted by Gasteiger charge is -2.30. The number of fused-ring (bicyclic) bond motifs is 6. The molecule has 0 bridgehead atoms. The van der Waals surface area contributed by atoms with Gasteiger partial charge in [-0.15, -0.1) is 0 Å². The Morgan fingerprint density at radius 3 is 1.46 bits per heavy atom. The van der Waals surface area contributed by atoms with E-state index in [1.165, 1.54) is 53.9 Å². The number of hydrogen-bond donors (Lipinski definition) is 0. The molecule has 4 nitrogen and oxygen atoms in total. The molecule has 0 spiro atoms. The van der Waals surface area contributed by atoms with Crippen LogP contribution in [-0.4, -0.2) is 33.3 Å². The van der Waals surface area contributed by atoms with Crippen molar-refractivity contribution in [1.82, 2.24) is 0 Å². The third-order valence-corrected chi connectivity index (χ3v) is 12.3. The number of benzene rings is 7. The molecule has 0 aliphatic rings. The average molecular weight is 733 g/mol. The standard InChI is InChI=1S/C42H52O4Si4/c1-25-35(43-47(3,4)5)24-32-33(40(25)44-48(6,7)8)23-31-28-19-16-15-18-27(28)22-34-38(31)37(32)29-20-17-21-30-36(29)39(34)42(46-50(12,13)14)26(2)41(30)45-49(9,10)11/h15-24H,1-14H3. The van der Waals surface area contributed by atoms with Crippen LogP contribution in [0.1, 0.15) is 11.1 Å². The largest absolute Gasteiger partial charge is 0.544 e. The highest BCUT2D eigenvalue weighted by Crippen LogP contribution is 2.54. The number of hydrogen-bond acceptors (Lipinski definition) is 4. The second-order valence-electron chi connectivity index (χ2n) is 18.0. The first kappa shape index (κ1) is 34.9. The van der Waals surface area contributed by atoms with Gasteiger partial charge >= 0.3 is 0 Å². The lowest BCUT2D eigenvalue weighted by Crippen LogP contribution is -2.31. The van der Waals surface area contributed by atoms with Gasteiger partial charge in [0.2, 0.25) is 33.3 Å². The number of rotatable bonds is 8. The molecule has 8 heteroatoms. The molecule has 0 aromatic heterocycles. The molecule has 0 N–H and O–H groups in total. The Bertz CT molecular complexity index is 2490. The van der Waals surface area contributed by atoms with Gasteiger partial charge in [-0.25, -0.2) is 0 Å². The van der Waals surface area contributed by atoms with E-state index in [-0.39, 0.29) is 0 Å². The third-order valence-electron chi connectivity index (χ3n) is 9.06. The van der Waals surface area contributed by atoms with E-state index in [1.807, 2.05) is 0 Å². The minimum atomic E-state index is -2.05. The normalized spacial score (nSPS) is 13.4. The highest BCUT2D eigenvalue weighted by atomic mass is 28.4. The summed E-state index contributed by atoms with van der Waals surface area (Å²) < 4.78 is 28.1. The van der Waals surface area contributed by atoms with Crippen molar-refractivity contribution in [1.29, 1.82) is 0 Å². The molecule has 0 saturated heterocycles. The second kappa shape index (κ2) is 11.5. The first-order valence-electron chi connectivity index (χ1n) is 17.9. The summed E-state index contributed by atoms with van der Waals surface area (Å²) in [4.78, 5) is 0. The van der Waals surface area contributed by atoms with Crippen molar-refractivity contribution in [3.05, 3.63) is 71.8 Å². The smallest absolute Gasteiger partial charge is 0.242 e. The van der Waals surface area contributed by atoms with Crippen LogP contribution in [0, 0.1) is 13.8 Å². The summed E-state index contributed by atoms with van der Waals surface area (Å²) in [6.45, 7) is 31.5. The molecule has 7 rings (SSSR count). The van der Waals surface area contributed by atoms with Gasteiger partial charge in [-0.05, 0) is 154 Å². The van der Waals surface area contributed by atoms with Crippen LogP contribution in [0.5, 0.6) is 23.0 Å². The summed E-state index contributed by atoms with van der Waals surface area (Å²) in [5, 5.41) is 14.5. The van der Waals surface area contributed by atoms with Crippen molar-refractivity contribution in [2.24, 2.45) is 0 Å². The first-order chi connectivity index (χ1) is 23.1. The predicted octanol–water partition coefficient (Wildman–Crippen LogP) is 13.5. The average Bonchev–Trinajstić information content (AvgIpc) is 2.98. The maximum absolute atomic E-state index is 7.16. The minimum Gasteiger partial charge on any atom is -0.544 e. The van der Waals surface area contributed by atoms with E-state index in [0.29, 0.717) is 0 Å². The molecule has 0 saturated carbocycles. The summed E-state index contributed by atoms with van der Waals surface area (Å²) in [6, 6.07) is 22.7. The summed E-state index contributed by atoms with van der Waals surface area (Å²) in [5.41, 5.74) is 2.17. The summed E-state index contributed by atoms with van der Waals surface area (Å²) >= 11 is 0. The van der Waals surface area contributed by atoms with Crippen molar-refractivity contribution in [2.45, 2.75) is 92.4 Å². The zero-order valence-electron chi connectivity index (χ0n) is 32.4. The molecule has 0 aliphatic carbocycles. The minimum absolute atomic E-state index is 0.926. The van der Waals surface area contributed by atoms with Crippen molar-refractivity contribution in [3.8, 4) is 23.0 Å². The zero-order chi connectivity index (χ0) is 36.3. The van der Waals surface area contributed by atoms with Gasteiger partial charge in [-0.1, -0.05) is 42.5 Å². The predicted molar refractivity (Wildman–Crippen MR) is 228 cm³/mol. The summed E-state index contributed by atoms with van der Waals surface area (Å²) in [7, 11) is -8.01. The molecule has 0 heterocycles. The highest BCUT2D eigenvalue weighted by molar-refractivity contribution is 6.72. The van der Waals surface area contributed by atoms with Crippen LogP contribution in [0.25, 0.3) is 64.6 Å². The Labute approximate surface area is 301 Å². The molecule has 7 aromatic carbocycles. The second-order valence-corrected chi connectivity index (χ2v) is 35.7. The van der Waals surface area contributed by atoms with Crippen LogP contribution in [0.2, 0.25) is 78.6 Å². The van der Waals surface area contributed by atoms with Gasteiger partial charge < -0.3 is 17.7 Å². The van der Waals surface area contributed by atoms with Gasteiger partial charge in [0, 0.05) is 32.7 Å². The van der Waals surface area contributed by atoms with Crippen LogP contribution >= 0.6 is 0 Å². The molecule has 50 heavy (non-hydrogen) atoms. The van der Waals surface area contributed by atoms with Crippen molar-refractivity contribution >= 4 is 97.9 Å². The van der Waals surface area contributed by atoms with E-state index in [1.54, 1.807) is 0 Å². The van der Waals surface area contributed by atoms with E-state index < -0.39 is 33.3 Å². The molecule has 7 aromatic rings. The molecular formula is C42H52O4Si4. The maximum Gasteiger partial charge on any atom is 0.242 e. The molecule has 0 aliphatic heterocycles. The molecule has 260 valence electrons. The Morgan fingerprint density at radius 1 is 0.360 bits per heavy atom. The Kier molecular flexibility index (Phi) is 7.99. The Balaban J connectivity index is 1.84. The summed E-state index contributed by atoms with van der Waals surface area (Å²) in [6.07, 6.45) is 0. The first-order valence-corrected chi connectivity index (χ1v) is 31.6.